The number of nitrogens with one attached hydrogen (secondary N) is 1. The molecule has 106 valence electrons. The summed E-state index contributed by atoms with van der Waals surface area (Å²) in [6.07, 6.45) is 5.32. The molecule has 18 heavy (non-hydrogen) atoms. The lowest BCUT2D eigenvalue weighted by molar-refractivity contribution is -0.0423. The summed E-state index contributed by atoms with van der Waals surface area (Å²) in [5.41, 5.74) is -0.0653. The van der Waals surface area contributed by atoms with Gasteiger partial charge < -0.3 is 10.4 Å². The fourth-order valence-corrected chi connectivity index (χ4v) is 3.46. The van der Waals surface area contributed by atoms with Crippen molar-refractivity contribution in [2.75, 3.05) is 32.7 Å². The monoisotopic (exact) mass is 254 g/mol. The van der Waals surface area contributed by atoms with Crippen LogP contribution >= 0.6 is 0 Å². The number of β-amino-alcohol motifs (C(OH)–C–C–N with tert-alkyl or cyclic N) is 1. The minimum absolute atomic E-state index is 0.319. The van der Waals surface area contributed by atoms with Crippen molar-refractivity contribution in [3.8, 4) is 0 Å². The van der Waals surface area contributed by atoms with E-state index in [0.717, 1.165) is 13.1 Å². The number of piperidine rings is 2. The first-order valence-corrected chi connectivity index (χ1v) is 7.59. The lowest BCUT2D eigenvalue weighted by Crippen LogP contribution is -2.54. The number of aliphatic hydroxyl groups is 1. The molecule has 2 rings (SSSR count). The van der Waals surface area contributed by atoms with Crippen LogP contribution in [0.4, 0.5) is 0 Å². The second-order valence-corrected chi connectivity index (χ2v) is 7.11. The molecule has 2 heterocycles. The SMILES string of the molecule is CC(C)C(C)(O)CN1CCCC2(CCCNC2)C1. The first-order chi connectivity index (χ1) is 8.44. The molecule has 0 aromatic carbocycles. The van der Waals surface area contributed by atoms with Crippen LogP contribution in [0.25, 0.3) is 0 Å². The third-order valence-electron chi connectivity index (χ3n) is 5.09. The van der Waals surface area contributed by atoms with Crippen LogP contribution in [0.15, 0.2) is 0 Å². The predicted molar refractivity (Wildman–Crippen MR) is 75.7 cm³/mol. The molecule has 3 heteroatoms. The third kappa shape index (κ3) is 3.25. The molecule has 2 saturated heterocycles. The van der Waals surface area contributed by atoms with E-state index in [4.69, 9.17) is 0 Å². The van der Waals surface area contributed by atoms with Crippen molar-refractivity contribution in [1.29, 1.82) is 0 Å². The number of hydrogen-bond donors (Lipinski definition) is 2. The van der Waals surface area contributed by atoms with Crippen molar-refractivity contribution in [2.45, 2.75) is 52.1 Å². The molecular formula is C15H30N2O. The summed E-state index contributed by atoms with van der Waals surface area (Å²) < 4.78 is 0. The molecule has 0 aromatic rings. The highest BCUT2D eigenvalue weighted by Gasteiger charge is 2.38. The van der Waals surface area contributed by atoms with Gasteiger partial charge in [-0.1, -0.05) is 13.8 Å². The maximum absolute atomic E-state index is 10.5. The van der Waals surface area contributed by atoms with E-state index < -0.39 is 5.60 Å². The maximum atomic E-state index is 10.5. The van der Waals surface area contributed by atoms with Gasteiger partial charge in [0.05, 0.1) is 5.60 Å². The Morgan fingerprint density at radius 3 is 2.67 bits per heavy atom. The van der Waals surface area contributed by atoms with Gasteiger partial charge in [-0.2, -0.15) is 0 Å². The van der Waals surface area contributed by atoms with Crippen LogP contribution in [-0.4, -0.2) is 48.3 Å². The molecule has 0 bridgehead atoms. The Kier molecular flexibility index (Phi) is 4.35. The minimum Gasteiger partial charge on any atom is -0.389 e. The minimum atomic E-state index is -0.555. The lowest BCUT2D eigenvalue weighted by atomic mass is 9.74. The molecule has 0 saturated carbocycles. The van der Waals surface area contributed by atoms with Crippen molar-refractivity contribution in [2.24, 2.45) is 11.3 Å². The van der Waals surface area contributed by atoms with Crippen molar-refractivity contribution >= 4 is 0 Å². The molecule has 2 fully saturated rings. The van der Waals surface area contributed by atoms with Crippen LogP contribution in [-0.2, 0) is 0 Å². The smallest absolute Gasteiger partial charge is 0.0768 e. The van der Waals surface area contributed by atoms with Crippen molar-refractivity contribution in [1.82, 2.24) is 10.2 Å². The van der Waals surface area contributed by atoms with E-state index in [1.807, 2.05) is 6.92 Å². The standard InChI is InChI=1S/C15H30N2O/c1-13(2)14(3,18)11-17-9-5-7-15(12-17)6-4-8-16-10-15/h13,16,18H,4-12H2,1-3H3. The van der Waals surface area contributed by atoms with Crippen LogP contribution in [0.1, 0.15) is 46.5 Å². The number of likely N-dealkylation sites (tertiary alicyclic amines) is 1. The summed E-state index contributed by atoms with van der Waals surface area (Å²) in [5.74, 6) is 0.319. The molecule has 2 aliphatic rings. The summed E-state index contributed by atoms with van der Waals surface area (Å²) >= 11 is 0. The molecule has 1 spiro atoms. The zero-order valence-corrected chi connectivity index (χ0v) is 12.3. The zero-order chi connectivity index (χ0) is 13.2. The molecule has 3 nitrogen and oxygen atoms in total. The van der Waals surface area contributed by atoms with Crippen LogP contribution in [0.2, 0.25) is 0 Å². The molecule has 0 aromatic heterocycles. The quantitative estimate of drug-likeness (QED) is 0.807. The first kappa shape index (κ1) is 14.3. The Morgan fingerprint density at radius 2 is 2.06 bits per heavy atom. The molecular weight excluding hydrogens is 224 g/mol. The Balaban J connectivity index is 1.94. The Labute approximate surface area is 112 Å². The Hall–Kier alpha value is -0.120. The summed E-state index contributed by atoms with van der Waals surface area (Å²) in [6, 6.07) is 0. The normalized spacial score (nSPS) is 33.8. The van der Waals surface area contributed by atoms with Gasteiger partial charge in [-0.25, -0.2) is 0 Å². The topological polar surface area (TPSA) is 35.5 Å². The molecule has 2 aliphatic heterocycles. The Morgan fingerprint density at radius 1 is 1.33 bits per heavy atom. The van der Waals surface area contributed by atoms with E-state index in [2.05, 4.69) is 24.1 Å². The third-order valence-corrected chi connectivity index (χ3v) is 5.09. The molecule has 2 atom stereocenters. The van der Waals surface area contributed by atoms with E-state index in [9.17, 15) is 5.11 Å². The van der Waals surface area contributed by atoms with E-state index in [1.165, 1.54) is 45.3 Å². The highest BCUT2D eigenvalue weighted by Crippen LogP contribution is 2.36. The van der Waals surface area contributed by atoms with E-state index in [-0.39, 0.29) is 0 Å². The van der Waals surface area contributed by atoms with Crippen molar-refractivity contribution in [3.05, 3.63) is 0 Å². The van der Waals surface area contributed by atoms with E-state index in [1.54, 1.807) is 0 Å². The predicted octanol–water partition coefficient (Wildman–Crippen LogP) is 1.86. The van der Waals surface area contributed by atoms with Gasteiger partial charge in [0, 0.05) is 19.6 Å². The van der Waals surface area contributed by atoms with E-state index >= 15 is 0 Å². The van der Waals surface area contributed by atoms with Crippen molar-refractivity contribution in [3.63, 3.8) is 0 Å². The summed E-state index contributed by atoms with van der Waals surface area (Å²) in [4.78, 5) is 2.50. The fraction of sp³-hybridized carbons (Fsp3) is 1.00. The van der Waals surface area contributed by atoms with Gasteiger partial charge in [0.25, 0.3) is 0 Å². The second kappa shape index (κ2) is 5.48. The zero-order valence-electron chi connectivity index (χ0n) is 12.3. The van der Waals surface area contributed by atoms with E-state index in [0.29, 0.717) is 11.3 Å². The molecule has 0 amide bonds. The maximum Gasteiger partial charge on any atom is 0.0768 e. The molecule has 0 aliphatic carbocycles. The van der Waals surface area contributed by atoms with Crippen LogP contribution in [0, 0.1) is 11.3 Å². The number of rotatable bonds is 3. The molecule has 2 N–H and O–H groups in total. The van der Waals surface area contributed by atoms with Gasteiger partial charge in [0.1, 0.15) is 0 Å². The fourth-order valence-electron chi connectivity index (χ4n) is 3.46. The number of nitrogens with zero attached hydrogens (tertiary/aromatic N) is 1. The van der Waals surface area contributed by atoms with Gasteiger partial charge >= 0.3 is 0 Å². The average molecular weight is 254 g/mol. The summed E-state index contributed by atoms with van der Waals surface area (Å²) in [5, 5.41) is 14.0. The van der Waals surface area contributed by atoms with Crippen LogP contribution in [0.5, 0.6) is 0 Å². The van der Waals surface area contributed by atoms with Crippen LogP contribution < -0.4 is 5.32 Å². The molecule has 0 radical (unpaired) electrons. The summed E-state index contributed by atoms with van der Waals surface area (Å²) in [6.45, 7) is 11.7. The first-order valence-electron chi connectivity index (χ1n) is 7.59. The van der Waals surface area contributed by atoms with Crippen molar-refractivity contribution < 1.29 is 5.11 Å². The second-order valence-electron chi connectivity index (χ2n) is 7.11. The van der Waals surface area contributed by atoms with Gasteiger partial charge in [0.2, 0.25) is 0 Å². The van der Waals surface area contributed by atoms with Crippen LogP contribution in [0.3, 0.4) is 0 Å². The van der Waals surface area contributed by atoms with Gasteiger partial charge in [-0.05, 0) is 57.0 Å². The highest BCUT2D eigenvalue weighted by atomic mass is 16.3. The number of hydrogen-bond acceptors (Lipinski definition) is 3. The van der Waals surface area contributed by atoms with Gasteiger partial charge in [-0.15, -0.1) is 0 Å². The van der Waals surface area contributed by atoms with Gasteiger partial charge in [-0.3, -0.25) is 4.90 Å². The highest BCUT2D eigenvalue weighted by molar-refractivity contribution is 4.93. The van der Waals surface area contributed by atoms with Gasteiger partial charge in [0.15, 0.2) is 0 Å². The largest absolute Gasteiger partial charge is 0.389 e. The lowest BCUT2D eigenvalue weighted by Gasteiger charge is -2.47. The molecule has 2 unspecified atom stereocenters. The Bertz CT molecular complexity index is 264. The summed E-state index contributed by atoms with van der Waals surface area (Å²) in [7, 11) is 0. The average Bonchev–Trinajstić information content (AvgIpc) is 2.29.